The number of Topliss-reactive ketones (excluding diaryl/α,β-unsaturated/α-hetero) is 2. The summed E-state index contributed by atoms with van der Waals surface area (Å²) in [5.74, 6) is -3.26. The van der Waals surface area contributed by atoms with E-state index >= 15 is 0 Å². The Balaban J connectivity index is 2.56. The second-order valence-corrected chi connectivity index (χ2v) is 5.98. The van der Waals surface area contributed by atoms with E-state index in [2.05, 4.69) is 4.40 Å². The predicted molar refractivity (Wildman–Crippen MR) is 77.3 cm³/mol. The van der Waals surface area contributed by atoms with Gasteiger partial charge in [-0.2, -0.15) is 17.6 Å². The number of hydrogen-bond acceptors (Lipinski definition) is 5. The van der Waals surface area contributed by atoms with Crippen LogP contribution in [0.5, 0.6) is 0 Å². The molecule has 0 aromatic heterocycles. The van der Waals surface area contributed by atoms with E-state index in [-0.39, 0.29) is 15.6 Å². The SMILES string of the molecule is O=C(/C(C(=O)C(F)(F)F)=C1/SSN=C1Cl)c1ccccc1. The van der Waals surface area contributed by atoms with Crippen molar-refractivity contribution in [2.75, 3.05) is 0 Å². The summed E-state index contributed by atoms with van der Waals surface area (Å²) >= 11 is 5.68. The summed E-state index contributed by atoms with van der Waals surface area (Å²) in [5, 5.41) is -0.290. The maximum Gasteiger partial charge on any atom is 0.455 e. The summed E-state index contributed by atoms with van der Waals surface area (Å²) in [5.41, 5.74) is -1.03. The van der Waals surface area contributed by atoms with Crippen LogP contribution in [0.4, 0.5) is 13.2 Å². The number of ketones is 2. The monoisotopic (exact) mass is 351 g/mol. The Morgan fingerprint density at radius 3 is 2.24 bits per heavy atom. The Morgan fingerprint density at radius 2 is 1.76 bits per heavy atom. The number of allylic oxidation sites excluding steroid dienone is 2. The van der Waals surface area contributed by atoms with Crippen LogP contribution in [0, 0.1) is 0 Å². The van der Waals surface area contributed by atoms with Crippen molar-refractivity contribution >= 4 is 50.1 Å². The van der Waals surface area contributed by atoms with Gasteiger partial charge < -0.3 is 0 Å². The van der Waals surface area contributed by atoms with Gasteiger partial charge >= 0.3 is 6.18 Å². The average molecular weight is 352 g/mol. The molecule has 1 aromatic carbocycles. The molecule has 0 N–H and O–H groups in total. The van der Waals surface area contributed by atoms with Crippen molar-refractivity contribution in [3.63, 3.8) is 0 Å². The van der Waals surface area contributed by atoms with Crippen LogP contribution in [-0.2, 0) is 4.79 Å². The molecule has 1 aromatic rings. The Hall–Kier alpha value is -1.25. The normalized spacial score (nSPS) is 17.4. The molecule has 0 atom stereocenters. The van der Waals surface area contributed by atoms with Crippen LogP contribution < -0.4 is 0 Å². The van der Waals surface area contributed by atoms with Gasteiger partial charge in [-0.1, -0.05) is 41.9 Å². The lowest BCUT2D eigenvalue weighted by Gasteiger charge is -2.11. The molecular weight excluding hydrogens is 347 g/mol. The molecule has 0 unspecified atom stereocenters. The van der Waals surface area contributed by atoms with E-state index in [1.807, 2.05) is 0 Å². The second kappa shape index (κ2) is 6.25. The molecule has 0 saturated heterocycles. The molecule has 1 heterocycles. The van der Waals surface area contributed by atoms with Gasteiger partial charge in [0.05, 0.1) is 21.5 Å². The minimum Gasteiger partial charge on any atom is -0.288 e. The third-order valence-electron chi connectivity index (χ3n) is 2.40. The van der Waals surface area contributed by atoms with Gasteiger partial charge in [-0.3, -0.25) is 9.59 Å². The van der Waals surface area contributed by atoms with Crippen LogP contribution in [0.15, 0.2) is 45.2 Å². The fraction of sp³-hybridized carbons (Fsp3) is 0.0833. The molecule has 1 aliphatic heterocycles. The van der Waals surface area contributed by atoms with Gasteiger partial charge in [0.2, 0.25) is 0 Å². The number of nitrogens with zero attached hydrogens (tertiary/aromatic N) is 1. The molecule has 1 aliphatic rings. The number of carbonyl (C=O) groups excluding carboxylic acids is 2. The first-order valence-electron chi connectivity index (χ1n) is 5.35. The lowest BCUT2D eigenvalue weighted by atomic mass is 9.99. The van der Waals surface area contributed by atoms with E-state index in [0.29, 0.717) is 0 Å². The van der Waals surface area contributed by atoms with E-state index in [1.165, 1.54) is 24.3 Å². The first kappa shape index (κ1) is 16.1. The molecule has 0 amide bonds. The van der Waals surface area contributed by atoms with Gasteiger partial charge in [-0.25, -0.2) is 0 Å². The van der Waals surface area contributed by atoms with Crippen LogP contribution in [0.3, 0.4) is 0 Å². The van der Waals surface area contributed by atoms with Crippen LogP contribution in [-0.4, -0.2) is 22.9 Å². The molecule has 0 saturated carbocycles. The van der Waals surface area contributed by atoms with Crippen LogP contribution in [0.2, 0.25) is 0 Å². The van der Waals surface area contributed by atoms with Gasteiger partial charge in [0.1, 0.15) is 0 Å². The maximum atomic E-state index is 12.7. The van der Waals surface area contributed by atoms with Crippen molar-refractivity contribution in [2.45, 2.75) is 6.18 Å². The fourth-order valence-electron chi connectivity index (χ4n) is 1.49. The van der Waals surface area contributed by atoms with Gasteiger partial charge in [0, 0.05) is 5.56 Å². The number of halogens is 4. The maximum absolute atomic E-state index is 12.7. The lowest BCUT2D eigenvalue weighted by Crippen LogP contribution is -2.29. The molecule has 2 rings (SSSR count). The van der Waals surface area contributed by atoms with Crippen molar-refractivity contribution in [3.05, 3.63) is 46.4 Å². The van der Waals surface area contributed by atoms with Gasteiger partial charge in [-0.15, -0.1) is 0 Å². The molecule has 0 spiro atoms. The molecule has 0 fully saturated rings. The standard InChI is InChI=1S/C12H5ClF3NO2S2/c13-11-9(20-21-17-11)7(10(19)12(14,15)16)8(18)6-4-2-1-3-5-6/h1-5H/b9-7-. The minimum absolute atomic E-state index is 0.0282. The molecule has 110 valence electrons. The zero-order chi connectivity index (χ0) is 15.6. The number of rotatable bonds is 3. The highest BCUT2D eigenvalue weighted by Gasteiger charge is 2.45. The zero-order valence-electron chi connectivity index (χ0n) is 9.98. The first-order valence-corrected chi connectivity index (χ1v) is 7.84. The first-order chi connectivity index (χ1) is 9.82. The molecule has 0 radical (unpaired) electrons. The summed E-state index contributed by atoms with van der Waals surface area (Å²) < 4.78 is 41.8. The van der Waals surface area contributed by atoms with E-state index in [4.69, 9.17) is 11.6 Å². The highest BCUT2D eigenvalue weighted by atomic mass is 35.5. The fourth-order valence-corrected chi connectivity index (χ4v) is 3.82. The average Bonchev–Trinajstić information content (AvgIpc) is 2.85. The highest BCUT2D eigenvalue weighted by molar-refractivity contribution is 8.78. The van der Waals surface area contributed by atoms with E-state index in [9.17, 15) is 22.8 Å². The molecule has 9 heteroatoms. The third kappa shape index (κ3) is 3.50. The Bertz CT molecular complexity index is 656. The minimum atomic E-state index is -5.17. The smallest absolute Gasteiger partial charge is 0.288 e. The van der Waals surface area contributed by atoms with Gasteiger partial charge in [-0.05, 0) is 10.8 Å². The molecule has 21 heavy (non-hydrogen) atoms. The largest absolute Gasteiger partial charge is 0.455 e. The molecular formula is C12H5ClF3NO2S2. The predicted octanol–water partition coefficient (Wildman–Crippen LogP) is 4.20. The van der Waals surface area contributed by atoms with Crippen LogP contribution in [0.1, 0.15) is 10.4 Å². The van der Waals surface area contributed by atoms with E-state index < -0.39 is 23.3 Å². The van der Waals surface area contributed by atoms with E-state index in [0.717, 1.165) is 21.8 Å². The number of hydrogen-bond donors (Lipinski definition) is 0. The highest BCUT2D eigenvalue weighted by Crippen LogP contribution is 2.44. The van der Waals surface area contributed by atoms with Crippen molar-refractivity contribution in [1.29, 1.82) is 0 Å². The Kier molecular flexibility index (Phi) is 4.80. The lowest BCUT2D eigenvalue weighted by molar-refractivity contribution is -0.166. The third-order valence-corrected chi connectivity index (χ3v) is 4.73. The Labute approximate surface area is 130 Å². The summed E-state index contributed by atoms with van der Waals surface area (Å²) in [7, 11) is 1.55. The summed E-state index contributed by atoms with van der Waals surface area (Å²) in [6, 6.07) is 7.22. The second-order valence-electron chi connectivity index (χ2n) is 3.77. The quantitative estimate of drug-likeness (QED) is 0.204. The van der Waals surface area contributed by atoms with Crippen molar-refractivity contribution in [2.24, 2.45) is 4.40 Å². The topological polar surface area (TPSA) is 46.5 Å². The van der Waals surface area contributed by atoms with Crippen molar-refractivity contribution < 1.29 is 22.8 Å². The summed E-state index contributed by atoms with van der Waals surface area (Å²) in [6.45, 7) is 0. The summed E-state index contributed by atoms with van der Waals surface area (Å²) in [6.07, 6.45) is -5.17. The molecule has 0 bridgehead atoms. The Morgan fingerprint density at radius 1 is 1.14 bits per heavy atom. The number of carbonyl (C=O) groups is 2. The van der Waals surface area contributed by atoms with Crippen molar-refractivity contribution in [1.82, 2.24) is 0 Å². The van der Waals surface area contributed by atoms with Gasteiger partial charge in [0.15, 0.2) is 11.0 Å². The van der Waals surface area contributed by atoms with Crippen LogP contribution in [0.25, 0.3) is 0 Å². The number of alkyl halides is 3. The molecule has 0 aliphatic carbocycles. The van der Waals surface area contributed by atoms with Gasteiger partial charge in [0.25, 0.3) is 5.78 Å². The van der Waals surface area contributed by atoms with Crippen molar-refractivity contribution in [3.8, 4) is 0 Å². The van der Waals surface area contributed by atoms with Crippen LogP contribution >= 0.6 is 33.4 Å². The van der Waals surface area contributed by atoms with E-state index in [1.54, 1.807) is 6.07 Å². The zero-order valence-corrected chi connectivity index (χ0v) is 12.4. The number of benzene rings is 1. The molecule has 3 nitrogen and oxygen atoms in total. The summed E-state index contributed by atoms with van der Waals surface area (Å²) in [4.78, 5) is 23.6.